The van der Waals surface area contributed by atoms with Crippen LogP contribution in [0.2, 0.25) is 0 Å². The van der Waals surface area contributed by atoms with Crippen LogP contribution in [0.4, 0.5) is 0 Å². The van der Waals surface area contributed by atoms with Crippen molar-refractivity contribution in [3.63, 3.8) is 0 Å². The van der Waals surface area contributed by atoms with Gasteiger partial charge >= 0.3 is 5.97 Å². The lowest BCUT2D eigenvalue weighted by atomic mass is 10.0. The Hall–Kier alpha value is -2.02. The average Bonchev–Trinajstić information content (AvgIpc) is 2.34. The number of thiol groups is 1. The molecule has 1 rings (SSSR count). The number of hydrogen-bond acceptors (Lipinski definition) is 4. The number of primary amides is 1. The first-order valence-corrected chi connectivity index (χ1v) is 5.66. The van der Waals surface area contributed by atoms with Gasteiger partial charge in [-0.3, -0.25) is 9.59 Å². The van der Waals surface area contributed by atoms with Gasteiger partial charge in [-0.15, -0.1) is 0 Å². The Morgan fingerprint density at radius 3 is 2.44 bits per heavy atom. The van der Waals surface area contributed by atoms with E-state index in [1.54, 1.807) is 0 Å². The molecule has 7 heteroatoms. The molecule has 0 aliphatic carbocycles. The monoisotopic (exact) mass is 268 g/mol. The first-order chi connectivity index (χ1) is 8.47. The molecular formula is C11H12N2O4S. The lowest BCUT2D eigenvalue weighted by Gasteiger charge is -2.08. The summed E-state index contributed by atoms with van der Waals surface area (Å²) in [6.07, 6.45) is 0. The number of nitrogens with two attached hydrogens (primary N) is 1. The van der Waals surface area contributed by atoms with Crippen molar-refractivity contribution in [2.75, 3.05) is 12.3 Å². The molecule has 1 aromatic carbocycles. The zero-order valence-corrected chi connectivity index (χ0v) is 10.2. The highest BCUT2D eigenvalue weighted by Crippen LogP contribution is 2.12. The Morgan fingerprint density at radius 2 is 1.94 bits per heavy atom. The lowest BCUT2D eigenvalue weighted by molar-refractivity contribution is 0.0690. The van der Waals surface area contributed by atoms with Crippen LogP contribution in [0.3, 0.4) is 0 Å². The molecule has 0 heterocycles. The Labute approximate surface area is 109 Å². The van der Waals surface area contributed by atoms with E-state index in [2.05, 4.69) is 17.9 Å². The normalized spacial score (nSPS) is 9.83. The summed E-state index contributed by atoms with van der Waals surface area (Å²) >= 11 is 3.92. The van der Waals surface area contributed by atoms with E-state index in [0.29, 0.717) is 12.3 Å². The fourth-order valence-corrected chi connectivity index (χ4v) is 1.45. The standard InChI is InChI=1S/C11H12N2O4S/c12-9(14)6-1-2-7(11(16)17)8(5-6)10(15)13-3-4-18/h1-2,5,18H,3-4H2,(H2,12,14)(H,13,15)(H,16,17). The highest BCUT2D eigenvalue weighted by Gasteiger charge is 2.17. The average molecular weight is 268 g/mol. The first-order valence-electron chi connectivity index (χ1n) is 5.03. The first kappa shape index (κ1) is 14.0. The fourth-order valence-electron chi connectivity index (χ4n) is 1.34. The van der Waals surface area contributed by atoms with Crippen LogP contribution in [0.1, 0.15) is 31.1 Å². The van der Waals surface area contributed by atoms with Gasteiger partial charge in [0.1, 0.15) is 0 Å². The van der Waals surface area contributed by atoms with E-state index < -0.39 is 17.8 Å². The Morgan fingerprint density at radius 1 is 1.28 bits per heavy atom. The van der Waals surface area contributed by atoms with E-state index >= 15 is 0 Å². The minimum absolute atomic E-state index is 0.0797. The molecule has 0 unspecified atom stereocenters. The molecule has 0 radical (unpaired) electrons. The van der Waals surface area contributed by atoms with Crippen molar-refractivity contribution in [1.82, 2.24) is 5.32 Å². The fraction of sp³-hybridized carbons (Fsp3) is 0.182. The number of amides is 2. The van der Waals surface area contributed by atoms with Crippen molar-refractivity contribution in [2.24, 2.45) is 5.73 Å². The number of hydrogen-bond donors (Lipinski definition) is 4. The van der Waals surface area contributed by atoms with Gasteiger partial charge in [-0.1, -0.05) is 0 Å². The van der Waals surface area contributed by atoms with E-state index in [9.17, 15) is 14.4 Å². The Kier molecular flexibility index (Phi) is 4.73. The number of carbonyl (C=O) groups excluding carboxylic acids is 2. The summed E-state index contributed by atoms with van der Waals surface area (Å²) in [5.74, 6) is -2.13. The summed E-state index contributed by atoms with van der Waals surface area (Å²) in [6.45, 7) is 0.293. The highest BCUT2D eigenvalue weighted by molar-refractivity contribution is 7.80. The zero-order valence-electron chi connectivity index (χ0n) is 9.34. The van der Waals surface area contributed by atoms with Crippen LogP contribution in [-0.2, 0) is 0 Å². The van der Waals surface area contributed by atoms with Crippen LogP contribution in [0.25, 0.3) is 0 Å². The molecule has 18 heavy (non-hydrogen) atoms. The summed E-state index contributed by atoms with van der Waals surface area (Å²) in [7, 11) is 0. The van der Waals surface area contributed by atoms with E-state index in [1.165, 1.54) is 18.2 Å². The maximum Gasteiger partial charge on any atom is 0.336 e. The van der Waals surface area contributed by atoms with Gasteiger partial charge in [-0.25, -0.2) is 4.79 Å². The number of carbonyl (C=O) groups is 3. The van der Waals surface area contributed by atoms with Crippen molar-refractivity contribution in [1.29, 1.82) is 0 Å². The molecule has 0 aromatic heterocycles. The third-order valence-corrected chi connectivity index (χ3v) is 2.40. The molecule has 0 spiro atoms. The summed E-state index contributed by atoms with van der Waals surface area (Å²) in [6, 6.07) is 3.61. The largest absolute Gasteiger partial charge is 0.478 e. The molecule has 0 saturated heterocycles. The number of aromatic carboxylic acids is 1. The number of benzene rings is 1. The van der Waals surface area contributed by atoms with E-state index in [1.807, 2.05) is 0 Å². The van der Waals surface area contributed by atoms with Gasteiger partial charge in [0.15, 0.2) is 0 Å². The quantitative estimate of drug-likeness (QED) is 0.569. The SMILES string of the molecule is NC(=O)c1ccc(C(=O)O)c(C(=O)NCCS)c1. The Bertz CT molecular complexity index is 502. The smallest absolute Gasteiger partial charge is 0.336 e. The Balaban J connectivity index is 3.19. The zero-order chi connectivity index (χ0) is 13.7. The van der Waals surface area contributed by atoms with Crippen LogP contribution in [-0.4, -0.2) is 35.2 Å². The van der Waals surface area contributed by atoms with Crippen LogP contribution in [0, 0.1) is 0 Å². The molecule has 4 N–H and O–H groups in total. The van der Waals surface area contributed by atoms with Crippen molar-refractivity contribution in [3.05, 3.63) is 34.9 Å². The van der Waals surface area contributed by atoms with E-state index in [4.69, 9.17) is 10.8 Å². The molecule has 0 saturated carbocycles. The van der Waals surface area contributed by atoms with Gasteiger partial charge in [0.25, 0.3) is 5.91 Å². The van der Waals surface area contributed by atoms with Crippen molar-refractivity contribution in [2.45, 2.75) is 0 Å². The lowest BCUT2D eigenvalue weighted by Crippen LogP contribution is -2.27. The van der Waals surface area contributed by atoms with Crippen LogP contribution < -0.4 is 11.1 Å². The molecule has 0 aliphatic heterocycles. The second-order valence-electron chi connectivity index (χ2n) is 3.41. The van der Waals surface area contributed by atoms with Gasteiger partial charge in [0, 0.05) is 17.9 Å². The van der Waals surface area contributed by atoms with Crippen LogP contribution >= 0.6 is 12.6 Å². The third-order valence-electron chi connectivity index (χ3n) is 2.18. The third kappa shape index (κ3) is 3.24. The van der Waals surface area contributed by atoms with Crippen molar-refractivity contribution >= 4 is 30.4 Å². The van der Waals surface area contributed by atoms with Crippen molar-refractivity contribution in [3.8, 4) is 0 Å². The molecule has 6 nitrogen and oxygen atoms in total. The van der Waals surface area contributed by atoms with Gasteiger partial charge in [0.2, 0.25) is 5.91 Å². The van der Waals surface area contributed by atoms with E-state index in [0.717, 1.165) is 0 Å². The topological polar surface area (TPSA) is 109 Å². The minimum Gasteiger partial charge on any atom is -0.478 e. The summed E-state index contributed by atoms with van der Waals surface area (Å²) in [4.78, 5) is 33.7. The number of rotatable bonds is 5. The summed E-state index contributed by atoms with van der Waals surface area (Å²) in [5, 5.41) is 11.4. The molecule has 0 fully saturated rings. The second kappa shape index (κ2) is 6.06. The summed E-state index contributed by atoms with van der Waals surface area (Å²) < 4.78 is 0. The number of carboxylic acids is 1. The van der Waals surface area contributed by atoms with Crippen LogP contribution in [0.15, 0.2) is 18.2 Å². The minimum atomic E-state index is -1.25. The van der Waals surface area contributed by atoms with Gasteiger partial charge < -0.3 is 16.2 Å². The van der Waals surface area contributed by atoms with Crippen molar-refractivity contribution < 1.29 is 19.5 Å². The molecule has 0 atom stereocenters. The van der Waals surface area contributed by atoms with Gasteiger partial charge in [-0.05, 0) is 18.2 Å². The summed E-state index contributed by atoms with van der Waals surface area (Å²) in [5.41, 5.74) is 4.88. The molecule has 0 aliphatic rings. The molecule has 96 valence electrons. The number of nitrogens with one attached hydrogen (secondary N) is 1. The molecule has 0 bridgehead atoms. The molecule has 1 aromatic rings. The maximum absolute atomic E-state index is 11.7. The maximum atomic E-state index is 11.7. The second-order valence-corrected chi connectivity index (χ2v) is 3.86. The predicted molar refractivity (Wildman–Crippen MR) is 68.1 cm³/mol. The van der Waals surface area contributed by atoms with Gasteiger partial charge in [-0.2, -0.15) is 12.6 Å². The molecule has 2 amide bonds. The van der Waals surface area contributed by atoms with Gasteiger partial charge in [0.05, 0.1) is 11.1 Å². The number of carboxylic acid groups (broad SMARTS) is 1. The predicted octanol–water partition coefficient (Wildman–Crippen LogP) is 0.143. The highest BCUT2D eigenvalue weighted by atomic mass is 32.1. The molecular weight excluding hydrogens is 256 g/mol. The van der Waals surface area contributed by atoms with E-state index in [-0.39, 0.29) is 16.7 Å². The van der Waals surface area contributed by atoms with Crippen LogP contribution in [0.5, 0.6) is 0 Å².